The predicted octanol–water partition coefficient (Wildman–Crippen LogP) is 1.95. The molecule has 2 heterocycles. The molecule has 3 aromatic rings. The van der Waals surface area contributed by atoms with Crippen molar-refractivity contribution < 1.29 is 18.7 Å². The average molecular weight is 345 g/mol. The number of aromatic nitrogens is 5. The number of nitrogens with zero attached hydrogens (tertiary/aromatic N) is 5. The zero-order valence-electron chi connectivity index (χ0n) is 13.9. The van der Waals surface area contributed by atoms with E-state index >= 15 is 0 Å². The van der Waals surface area contributed by atoms with Crippen LogP contribution < -0.4 is 9.47 Å². The van der Waals surface area contributed by atoms with Crippen LogP contribution >= 0.6 is 0 Å². The Balaban J connectivity index is 1.79. The lowest BCUT2D eigenvalue weighted by Gasteiger charge is -2.07. The molecule has 0 amide bonds. The van der Waals surface area contributed by atoms with Gasteiger partial charge in [0.2, 0.25) is 11.8 Å². The molecule has 0 bridgehead atoms. The van der Waals surface area contributed by atoms with Gasteiger partial charge in [-0.3, -0.25) is 4.79 Å². The molecule has 2 aromatic heterocycles. The fourth-order valence-corrected chi connectivity index (χ4v) is 2.21. The molecule has 0 atom stereocenters. The Kier molecular flexibility index (Phi) is 4.46. The van der Waals surface area contributed by atoms with E-state index in [1.807, 2.05) is 0 Å². The Morgan fingerprint density at radius 3 is 2.68 bits per heavy atom. The van der Waals surface area contributed by atoms with Gasteiger partial charge in [-0.25, -0.2) is 13.8 Å². The molecule has 0 aliphatic heterocycles. The zero-order chi connectivity index (χ0) is 18.0. The normalized spacial score (nSPS) is 10.7. The minimum absolute atomic E-state index is 0.146. The fourth-order valence-electron chi connectivity index (χ4n) is 2.21. The van der Waals surface area contributed by atoms with E-state index in [1.54, 1.807) is 30.8 Å². The standard InChI is InChI=1S/C16H16FN5O3/c1-10-14(22(20-18-10)13-6-4-12(17)5-7-13)9-24-15-8-16(21(3)19-15)25-11(2)23/h4-8H,9H2,1-3H3. The highest BCUT2D eigenvalue weighted by molar-refractivity contribution is 5.68. The molecule has 130 valence electrons. The molecule has 0 radical (unpaired) electrons. The van der Waals surface area contributed by atoms with Crippen LogP contribution in [0.2, 0.25) is 0 Å². The van der Waals surface area contributed by atoms with Gasteiger partial charge in [0, 0.05) is 14.0 Å². The van der Waals surface area contributed by atoms with E-state index in [0.717, 1.165) is 0 Å². The maximum absolute atomic E-state index is 13.1. The Labute approximate surface area is 142 Å². The number of carbonyl (C=O) groups excluding carboxylic acids is 1. The lowest BCUT2D eigenvalue weighted by molar-refractivity contribution is -0.132. The number of rotatable bonds is 5. The van der Waals surface area contributed by atoms with Crippen molar-refractivity contribution in [2.75, 3.05) is 0 Å². The molecule has 0 fully saturated rings. The summed E-state index contributed by atoms with van der Waals surface area (Å²) in [6.07, 6.45) is 0. The van der Waals surface area contributed by atoms with Gasteiger partial charge in [0.15, 0.2) is 0 Å². The summed E-state index contributed by atoms with van der Waals surface area (Å²) in [5, 5.41) is 12.2. The highest BCUT2D eigenvalue weighted by Crippen LogP contribution is 2.20. The van der Waals surface area contributed by atoms with E-state index in [1.165, 1.54) is 29.8 Å². The smallest absolute Gasteiger partial charge is 0.309 e. The van der Waals surface area contributed by atoms with Crippen molar-refractivity contribution in [3.8, 4) is 17.4 Å². The summed E-state index contributed by atoms with van der Waals surface area (Å²) in [6, 6.07) is 7.42. The van der Waals surface area contributed by atoms with E-state index in [4.69, 9.17) is 9.47 Å². The second-order valence-electron chi connectivity index (χ2n) is 5.34. The minimum Gasteiger partial charge on any atom is -0.470 e. The first-order chi connectivity index (χ1) is 11.9. The molecule has 3 rings (SSSR count). The maximum atomic E-state index is 13.1. The van der Waals surface area contributed by atoms with Crippen LogP contribution in [0.3, 0.4) is 0 Å². The van der Waals surface area contributed by atoms with Gasteiger partial charge >= 0.3 is 5.97 Å². The fraction of sp³-hybridized carbons (Fsp3) is 0.250. The van der Waals surface area contributed by atoms with Crippen molar-refractivity contribution in [2.45, 2.75) is 20.5 Å². The summed E-state index contributed by atoms with van der Waals surface area (Å²) in [5.41, 5.74) is 2.05. The molecule has 0 aliphatic rings. The molecule has 1 aromatic carbocycles. The summed E-state index contributed by atoms with van der Waals surface area (Å²) in [6.45, 7) is 3.25. The van der Waals surface area contributed by atoms with Crippen LogP contribution in [0.1, 0.15) is 18.3 Å². The van der Waals surface area contributed by atoms with E-state index in [0.29, 0.717) is 23.0 Å². The van der Waals surface area contributed by atoms with Gasteiger partial charge in [0.25, 0.3) is 0 Å². The summed E-state index contributed by atoms with van der Waals surface area (Å²) in [7, 11) is 1.64. The van der Waals surface area contributed by atoms with Crippen LogP contribution in [0, 0.1) is 12.7 Å². The van der Waals surface area contributed by atoms with Gasteiger partial charge in [-0.05, 0) is 31.2 Å². The quantitative estimate of drug-likeness (QED) is 0.657. The zero-order valence-corrected chi connectivity index (χ0v) is 13.9. The summed E-state index contributed by atoms with van der Waals surface area (Å²) < 4.78 is 26.7. The third-order valence-corrected chi connectivity index (χ3v) is 3.45. The third-order valence-electron chi connectivity index (χ3n) is 3.45. The Bertz CT molecular complexity index is 901. The topological polar surface area (TPSA) is 84.1 Å². The van der Waals surface area contributed by atoms with Gasteiger partial charge in [-0.1, -0.05) is 5.21 Å². The molecule has 0 saturated carbocycles. The predicted molar refractivity (Wildman–Crippen MR) is 84.9 cm³/mol. The van der Waals surface area contributed by atoms with Gasteiger partial charge < -0.3 is 9.47 Å². The SMILES string of the molecule is CC(=O)Oc1cc(OCc2c(C)nnn2-c2ccc(F)cc2)nn1C. The van der Waals surface area contributed by atoms with Crippen LogP contribution in [0.5, 0.6) is 11.8 Å². The lowest BCUT2D eigenvalue weighted by Crippen LogP contribution is -2.07. The average Bonchev–Trinajstić information content (AvgIpc) is 3.09. The minimum atomic E-state index is -0.441. The number of esters is 1. The Hall–Kier alpha value is -3.23. The van der Waals surface area contributed by atoms with Gasteiger partial charge in [-0.15, -0.1) is 10.2 Å². The van der Waals surface area contributed by atoms with E-state index in [9.17, 15) is 9.18 Å². The first kappa shape index (κ1) is 16.6. The number of hydrogen-bond donors (Lipinski definition) is 0. The van der Waals surface area contributed by atoms with Crippen LogP contribution in [0.25, 0.3) is 5.69 Å². The first-order valence-corrected chi connectivity index (χ1v) is 7.46. The maximum Gasteiger partial charge on any atom is 0.309 e. The molecule has 9 heteroatoms. The molecule has 0 spiro atoms. The van der Waals surface area contributed by atoms with Crippen LogP contribution in [-0.2, 0) is 18.4 Å². The molecule has 0 saturated heterocycles. The summed E-state index contributed by atoms with van der Waals surface area (Å²) in [4.78, 5) is 11.0. The second-order valence-corrected chi connectivity index (χ2v) is 5.34. The lowest BCUT2D eigenvalue weighted by atomic mass is 10.3. The van der Waals surface area contributed by atoms with Crippen molar-refractivity contribution in [1.82, 2.24) is 24.8 Å². The highest BCUT2D eigenvalue weighted by Gasteiger charge is 2.14. The molecule has 0 aliphatic carbocycles. The van der Waals surface area contributed by atoms with Crippen molar-refractivity contribution in [3.63, 3.8) is 0 Å². The summed E-state index contributed by atoms with van der Waals surface area (Å²) >= 11 is 0. The molecular formula is C16H16FN5O3. The number of halogens is 1. The van der Waals surface area contributed by atoms with Crippen molar-refractivity contribution in [3.05, 3.63) is 47.5 Å². The molecular weight excluding hydrogens is 329 g/mol. The van der Waals surface area contributed by atoms with Crippen molar-refractivity contribution in [2.24, 2.45) is 7.05 Å². The number of aryl methyl sites for hydroxylation is 2. The van der Waals surface area contributed by atoms with Gasteiger partial charge in [-0.2, -0.15) is 0 Å². The molecule has 8 nitrogen and oxygen atoms in total. The number of hydrogen-bond acceptors (Lipinski definition) is 6. The molecule has 0 unspecified atom stereocenters. The van der Waals surface area contributed by atoms with Crippen LogP contribution in [-0.4, -0.2) is 30.7 Å². The van der Waals surface area contributed by atoms with Crippen molar-refractivity contribution in [1.29, 1.82) is 0 Å². The van der Waals surface area contributed by atoms with Gasteiger partial charge in [0.05, 0.1) is 17.4 Å². The highest BCUT2D eigenvalue weighted by atomic mass is 19.1. The number of benzene rings is 1. The van der Waals surface area contributed by atoms with Gasteiger partial charge in [0.1, 0.15) is 18.1 Å². The largest absolute Gasteiger partial charge is 0.470 e. The summed E-state index contributed by atoms with van der Waals surface area (Å²) in [5.74, 6) is -0.191. The Morgan fingerprint density at radius 2 is 2.00 bits per heavy atom. The number of carbonyl (C=O) groups is 1. The Morgan fingerprint density at radius 1 is 1.28 bits per heavy atom. The monoisotopic (exact) mass is 345 g/mol. The number of ether oxygens (including phenoxy) is 2. The molecule has 25 heavy (non-hydrogen) atoms. The first-order valence-electron chi connectivity index (χ1n) is 7.46. The van der Waals surface area contributed by atoms with E-state index < -0.39 is 5.97 Å². The van der Waals surface area contributed by atoms with Crippen LogP contribution in [0.4, 0.5) is 4.39 Å². The van der Waals surface area contributed by atoms with Crippen molar-refractivity contribution >= 4 is 5.97 Å². The molecule has 0 N–H and O–H groups in total. The van der Waals surface area contributed by atoms with E-state index in [-0.39, 0.29) is 18.3 Å². The van der Waals surface area contributed by atoms with Crippen LogP contribution in [0.15, 0.2) is 30.3 Å². The van der Waals surface area contributed by atoms with E-state index in [2.05, 4.69) is 15.4 Å². The second kappa shape index (κ2) is 6.71. The third kappa shape index (κ3) is 3.65.